The average Bonchev–Trinajstić information content (AvgIpc) is 3.76. The fourth-order valence-electron chi connectivity index (χ4n) is 7.08. The third-order valence-electron chi connectivity index (χ3n) is 10.5. The molecule has 0 amide bonds. The first-order chi connectivity index (χ1) is 27.6. The van der Waals surface area contributed by atoms with E-state index in [-0.39, 0.29) is 30.3 Å². The van der Waals surface area contributed by atoms with Gasteiger partial charge in [0.05, 0.1) is 30.6 Å². The number of ether oxygens (including phenoxy) is 2. The summed E-state index contributed by atoms with van der Waals surface area (Å²) in [6, 6.07) is 10.9. The van der Waals surface area contributed by atoms with Crippen LogP contribution in [0.5, 0.6) is 0 Å². The molecule has 3 aromatic rings. The van der Waals surface area contributed by atoms with Gasteiger partial charge in [-0.1, -0.05) is 122 Å². The van der Waals surface area contributed by atoms with E-state index in [4.69, 9.17) is 34.0 Å². The number of anilines is 1. The van der Waals surface area contributed by atoms with Crippen molar-refractivity contribution in [2.24, 2.45) is 0 Å². The van der Waals surface area contributed by atoms with Crippen molar-refractivity contribution in [1.82, 2.24) is 14.6 Å². The van der Waals surface area contributed by atoms with Gasteiger partial charge in [-0.05, 0) is 36.2 Å². The van der Waals surface area contributed by atoms with Gasteiger partial charge in [-0.2, -0.15) is 15.6 Å². The number of nitrogens with zero attached hydrogens (tertiary/aromatic N) is 5. The first-order valence-electron chi connectivity index (χ1n) is 20.4. The van der Waals surface area contributed by atoms with Crippen molar-refractivity contribution in [3.63, 3.8) is 0 Å². The lowest BCUT2D eigenvalue weighted by Gasteiger charge is -2.25. The molecule has 0 radical (unpaired) electrons. The van der Waals surface area contributed by atoms with Crippen molar-refractivity contribution in [3.8, 4) is 12.1 Å². The van der Waals surface area contributed by atoms with Gasteiger partial charge in [-0.15, -0.1) is 0 Å². The molecule has 1 aliphatic rings. The maximum atomic E-state index is 14.3. The summed E-state index contributed by atoms with van der Waals surface area (Å²) in [7, 11) is -3.41. The van der Waals surface area contributed by atoms with Crippen LogP contribution in [-0.4, -0.2) is 63.1 Å². The molecular weight excluding hydrogens is 754 g/mol. The Hall–Kier alpha value is -3.50. The summed E-state index contributed by atoms with van der Waals surface area (Å²) in [6.45, 7) is 1.98. The molecule has 1 saturated heterocycles. The zero-order chi connectivity index (χ0) is 41.1. The monoisotopic (exact) mass is 814 g/mol. The number of rotatable bonds is 28. The minimum Gasteiger partial charge on any atom is -0.386 e. The number of aliphatic hydroxyl groups is 2. The Morgan fingerprint density at radius 1 is 0.965 bits per heavy atom. The van der Waals surface area contributed by atoms with Gasteiger partial charge in [0, 0.05) is 7.11 Å². The van der Waals surface area contributed by atoms with Crippen LogP contribution >= 0.6 is 7.82 Å². The van der Waals surface area contributed by atoms with Gasteiger partial charge in [-0.3, -0.25) is 13.6 Å². The van der Waals surface area contributed by atoms with Crippen LogP contribution in [0.1, 0.15) is 139 Å². The van der Waals surface area contributed by atoms with Gasteiger partial charge < -0.3 is 25.4 Å². The van der Waals surface area contributed by atoms with Gasteiger partial charge in [0.25, 0.3) is 0 Å². The van der Waals surface area contributed by atoms with E-state index in [0.29, 0.717) is 17.5 Å². The first-order valence-corrected chi connectivity index (χ1v) is 21.9. The van der Waals surface area contributed by atoms with Gasteiger partial charge in [-0.25, -0.2) is 18.5 Å². The van der Waals surface area contributed by atoms with Crippen LogP contribution in [0, 0.1) is 28.5 Å². The highest BCUT2D eigenvalue weighted by molar-refractivity contribution is 7.48. The molecule has 57 heavy (non-hydrogen) atoms. The summed E-state index contributed by atoms with van der Waals surface area (Å²) in [5, 5.41) is 45.4. The highest BCUT2D eigenvalue weighted by Gasteiger charge is 2.59. The normalized spacial score (nSPS) is 21.0. The summed E-state index contributed by atoms with van der Waals surface area (Å²) in [4.78, 5) is 3.92. The number of nitrogen functional groups attached to an aromatic ring is 1. The lowest BCUT2D eigenvalue weighted by Crippen LogP contribution is -2.40. The largest absolute Gasteiger partial charge is 0.477 e. The van der Waals surface area contributed by atoms with Crippen molar-refractivity contribution in [1.29, 1.82) is 10.5 Å². The molecule has 4 N–H and O–H groups in total. The lowest BCUT2D eigenvalue weighted by molar-refractivity contribution is -0.145. The number of benzene rings is 1. The molecule has 0 saturated carbocycles. The van der Waals surface area contributed by atoms with Crippen LogP contribution in [0.15, 0.2) is 36.7 Å². The second-order valence-electron chi connectivity index (χ2n) is 14.8. The smallest absolute Gasteiger partial charge is 0.386 e. The number of aliphatic hydroxyl groups excluding tert-OH is 2. The summed E-state index contributed by atoms with van der Waals surface area (Å²) in [5.74, 6) is -0.551. The highest BCUT2D eigenvalue weighted by Crippen LogP contribution is 2.53. The number of aromatic nitrogens is 3. The number of nitrogens with two attached hydrogens (primary N) is 1. The molecule has 14 nitrogen and oxygen atoms in total. The predicted molar refractivity (Wildman–Crippen MR) is 212 cm³/mol. The molecule has 6 atom stereocenters. The molecule has 1 aromatic carbocycles. The Bertz CT molecular complexity index is 1800. The van der Waals surface area contributed by atoms with Crippen LogP contribution in [-0.2, 0) is 39.8 Å². The number of hydrogen-bond acceptors (Lipinski definition) is 13. The number of fused-ring (bicyclic) bond motifs is 1. The maximum absolute atomic E-state index is 14.3. The molecule has 1 unspecified atom stereocenters. The highest BCUT2D eigenvalue weighted by atomic mass is 31.2. The van der Waals surface area contributed by atoms with E-state index in [9.17, 15) is 24.4 Å². The molecule has 0 aliphatic carbocycles. The number of phosphoric ester groups is 1. The average molecular weight is 815 g/mol. The summed E-state index contributed by atoms with van der Waals surface area (Å²) >= 11 is 0. The van der Waals surface area contributed by atoms with Crippen molar-refractivity contribution in [2.45, 2.75) is 159 Å². The fraction of sp³-hybridized carbons (Fsp3) is 0.659. The standard InChI is InChI=1S/C41H60FN6O8P/c1-3-4-5-6-7-8-9-10-11-12-13-14-15-16-17-18-19-20-33(53-27-31-21-22-32(26-43)34(42)25-31)28-54-57(51,52-2)56-40-37(49)38(50)41(29-44,55-40)36-24-23-35-39(45)46-30-47-48(35)36/h21-25,30,33,37-38,40,49-50H,3-20,27-28H2,1-2H3,(H2,45,46,47)/t33-,37+,38-,40-,41+,57?/m1/s1. The molecule has 4 rings (SSSR count). The van der Waals surface area contributed by atoms with Crippen molar-refractivity contribution < 1.29 is 42.2 Å². The summed E-state index contributed by atoms with van der Waals surface area (Å²) < 4.78 is 57.5. The van der Waals surface area contributed by atoms with Crippen LogP contribution in [0.2, 0.25) is 0 Å². The van der Waals surface area contributed by atoms with Gasteiger partial charge in [0.15, 0.2) is 12.1 Å². The predicted octanol–water partition coefficient (Wildman–Crippen LogP) is 8.53. The molecule has 0 spiro atoms. The second-order valence-corrected chi connectivity index (χ2v) is 16.5. The van der Waals surface area contributed by atoms with E-state index in [0.717, 1.165) is 39.1 Å². The molecule has 314 valence electrons. The Labute approximate surface area is 336 Å². The molecule has 2 aromatic heterocycles. The minimum atomic E-state index is -4.49. The Morgan fingerprint density at radius 2 is 1.58 bits per heavy atom. The van der Waals surface area contributed by atoms with E-state index >= 15 is 0 Å². The molecule has 1 fully saturated rings. The third kappa shape index (κ3) is 13.3. The number of unbranched alkanes of at least 4 members (excludes halogenated alkanes) is 16. The van der Waals surface area contributed by atoms with Crippen LogP contribution < -0.4 is 5.73 Å². The van der Waals surface area contributed by atoms with Crippen molar-refractivity contribution in [3.05, 3.63) is 59.3 Å². The van der Waals surface area contributed by atoms with Crippen molar-refractivity contribution >= 4 is 19.2 Å². The molecule has 1 aliphatic heterocycles. The summed E-state index contributed by atoms with van der Waals surface area (Å²) in [5.41, 5.74) is 4.51. The van der Waals surface area contributed by atoms with Gasteiger partial charge >= 0.3 is 7.82 Å². The number of hydrogen-bond donors (Lipinski definition) is 3. The zero-order valence-electron chi connectivity index (χ0n) is 33.4. The third-order valence-corrected chi connectivity index (χ3v) is 11.9. The topological polar surface area (TPSA) is 207 Å². The molecule has 0 bridgehead atoms. The fourth-order valence-corrected chi connectivity index (χ4v) is 8.11. The molecular formula is C41H60FN6O8P. The lowest BCUT2D eigenvalue weighted by atomic mass is 9.93. The minimum absolute atomic E-state index is 0.00553. The first kappa shape index (κ1) is 46.2. The van der Waals surface area contributed by atoms with E-state index in [1.165, 1.54) is 112 Å². The quantitative estimate of drug-likeness (QED) is 0.0464. The van der Waals surface area contributed by atoms with Crippen LogP contribution in [0.3, 0.4) is 0 Å². The Balaban J connectivity index is 1.26. The van der Waals surface area contributed by atoms with Gasteiger partial charge in [0.2, 0.25) is 5.60 Å². The maximum Gasteiger partial charge on any atom is 0.477 e. The van der Waals surface area contributed by atoms with E-state index < -0.39 is 43.8 Å². The van der Waals surface area contributed by atoms with Gasteiger partial charge in [0.1, 0.15) is 42.0 Å². The molecule has 16 heteroatoms. The van der Waals surface area contributed by atoms with E-state index in [1.54, 1.807) is 12.1 Å². The zero-order valence-corrected chi connectivity index (χ0v) is 34.3. The second kappa shape index (κ2) is 23.8. The van der Waals surface area contributed by atoms with E-state index in [2.05, 4.69) is 17.0 Å². The van der Waals surface area contributed by atoms with Crippen LogP contribution in [0.4, 0.5) is 10.2 Å². The Kier molecular flexibility index (Phi) is 19.3. The SMILES string of the molecule is CCCCCCCCCCCCCCCCCCC[C@H](COP(=O)(OC)O[C@H]1O[C@@](C#N)(c2ccc3c(N)ncnn23)[C@H](O)[C@@H]1O)OCc1ccc(C#N)c(F)c1. The summed E-state index contributed by atoms with van der Waals surface area (Å²) in [6.07, 6.45) is 16.6. The Morgan fingerprint density at radius 3 is 2.14 bits per heavy atom. The number of nitriles is 2. The molecule has 3 heterocycles. The number of halogens is 1. The van der Waals surface area contributed by atoms with Crippen molar-refractivity contribution in [2.75, 3.05) is 19.5 Å². The number of phosphoric acid groups is 1. The van der Waals surface area contributed by atoms with E-state index in [1.807, 2.05) is 6.07 Å². The van der Waals surface area contributed by atoms with Crippen LogP contribution in [0.25, 0.3) is 5.52 Å².